The third kappa shape index (κ3) is 3.14. The van der Waals surface area contributed by atoms with Gasteiger partial charge in [0, 0.05) is 6.20 Å². The van der Waals surface area contributed by atoms with Crippen LogP contribution in [0.1, 0.15) is 26.6 Å². The predicted octanol–water partition coefficient (Wildman–Crippen LogP) is 2.12. The second-order valence-corrected chi connectivity index (χ2v) is 4.99. The highest BCUT2D eigenvalue weighted by Gasteiger charge is 2.25. The van der Waals surface area contributed by atoms with Crippen LogP contribution < -0.4 is 5.32 Å². The van der Waals surface area contributed by atoms with E-state index in [1.165, 1.54) is 0 Å². The molecule has 0 amide bonds. The highest BCUT2D eigenvalue weighted by Crippen LogP contribution is 2.23. The molecule has 2 N–H and O–H groups in total. The number of rotatable bonds is 3. The van der Waals surface area contributed by atoms with E-state index in [4.69, 9.17) is 0 Å². The van der Waals surface area contributed by atoms with Crippen molar-refractivity contribution in [2.75, 3.05) is 5.32 Å². The lowest BCUT2D eigenvalue weighted by molar-refractivity contribution is 0.133. The third-order valence-corrected chi connectivity index (χ3v) is 2.93. The molecule has 1 heterocycles. The van der Waals surface area contributed by atoms with Crippen molar-refractivity contribution in [2.45, 2.75) is 39.3 Å². The van der Waals surface area contributed by atoms with Crippen molar-refractivity contribution in [3.8, 4) is 0 Å². The molecule has 0 radical (unpaired) electrons. The zero-order valence-corrected chi connectivity index (χ0v) is 11.0. The zero-order valence-electron chi connectivity index (χ0n) is 9.37. The second-order valence-electron chi connectivity index (χ2n) is 4.14. The van der Waals surface area contributed by atoms with Crippen LogP contribution in [0.2, 0.25) is 0 Å². The van der Waals surface area contributed by atoms with Crippen LogP contribution in [0.3, 0.4) is 0 Å². The topological polar surface area (TPSA) is 58.0 Å². The van der Waals surface area contributed by atoms with Gasteiger partial charge in [-0.2, -0.15) is 0 Å². The lowest BCUT2D eigenvalue weighted by Crippen LogP contribution is -2.42. The Kier molecular flexibility index (Phi) is 3.67. The first-order valence-corrected chi connectivity index (χ1v) is 5.57. The average Bonchev–Trinajstić information content (AvgIpc) is 2.10. The van der Waals surface area contributed by atoms with E-state index in [1.807, 2.05) is 20.8 Å². The molecule has 0 aliphatic heterocycles. The molecule has 5 heteroatoms. The van der Waals surface area contributed by atoms with Gasteiger partial charge in [0.25, 0.3) is 0 Å². The van der Waals surface area contributed by atoms with Gasteiger partial charge in [0.05, 0.1) is 16.1 Å². The Balaban J connectivity index is 2.94. The Hall–Kier alpha value is -0.680. The normalized spacial score (nSPS) is 13.7. The molecule has 0 bridgehead atoms. The van der Waals surface area contributed by atoms with E-state index in [-0.39, 0.29) is 0 Å². The summed E-state index contributed by atoms with van der Waals surface area (Å²) in [5.41, 5.74) is -0.427. The fourth-order valence-corrected chi connectivity index (χ4v) is 1.24. The first-order valence-electron chi connectivity index (χ1n) is 4.78. The van der Waals surface area contributed by atoms with E-state index >= 15 is 0 Å². The highest BCUT2D eigenvalue weighted by molar-refractivity contribution is 9.10. The van der Waals surface area contributed by atoms with Crippen LogP contribution in [0.5, 0.6) is 0 Å². The molecule has 0 saturated heterocycles. The Morgan fingerprint density at radius 3 is 2.67 bits per heavy atom. The van der Waals surface area contributed by atoms with Crippen LogP contribution >= 0.6 is 15.9 Å². The van der Waals surface area contributed by atoms with Crippen LogP contribution in [-0.2, 0) is 0 Å². The summed E-state index contributed by atoms with van der Waals surface area (Å²) in [5.74, 6) is 1.40. The van der Waals surface area contributed by atoms with Gasteiger partial charge in [0.2, 0.25) is 0 Å². The number of aliphatic hydroxyl groups excluding tert-OH is 1. The summed E-state index contributed by atoms with van der Waals surface area (Å²) in [6.45, 7) is 7.41. The summed E-state index contributed by atoms with van der Waals surface area (Å²) < 4.78 is 0.793. The van der Waals surface area contributed by atoms with Crippen molar-refractivity contribution in [1.29, 1.82) is 0 Å². The molecule has 1 aromatic rings. The van der Waals surface area contributed by atoms with Gasteiger partial charge < -0.3 is 10.4 Å². The molecule has 0 spiro atoms. The largest absolute Gasteiger partial charge is 0.391 e. The molecule has 0 aliphatic carbocycles. The fraction of sp³-hybridized carbons (Fsp3) is 0.600. The molecule has 0 aromatic carbocycles. The first-order chi connectivity index (χ1) is 6.83. The third-order valence-electron chi connectivity index (χ3n) is 2.35. The predicted molar refractivity (Wildman–Crippen MR) is 63.9 cm³/mol. The minimum Gasteiger partial charge on any atom is -0.391 e. The first kappa shape index (κ1) is 12.4. The van der Waals surface area contributed by atoms with Crippen molar-refractivity contribution in [2.24, 2.45) is 0 Å². The highest BCUT2D eigenvalue weighted by atomic mass is 79.9. The summed E-state index contributed by atoms with van der Waals surface area (Å²) in [4.78, 5) is 8.31. The van der Waals surface area contributed by atoms with Crippen LogP contribution in [0.4, 0.5) is 5.82 Å². The van der Waals surface area contributed by atoms with Gasteiger partial charge in [-0.05, 0) is 43.6 Å². The van der Waals surface area contributed by atoms with Gasteiger partial charge in [-0.15, -0.1) is 0 Å². The fourth-order valence-electron chi connectivity index (χ4n) is 0.953. The zero-order chi connectivity index (χ0) is 11.6. The standard InChI is InChI=1S/C10H16BrN3O/c1-6(15)10(3,4)14-9-8(11)5-12-7(2)13-9/h5-6,15H,1-4H3,(H,12,13,14). The maximum atomic E-state index is 9.58. The summed E-state index contributed by atoms with van der Waals surface area (Å²) in [7, 11) is 0. The number of aryl methyl sites for hydroxylation is 1. The molecule has 1 rings (SSSR count). The maximum absolute atomic E-state index is 9.58. The minimum atomic E-state index is -0.473. The molecule has 1 unspecified atom stereocenters. The summed E-state index contributed by atoms with van der Waals surface area (Å²) in [5, 5.41) is 12.8. The van der Waals surface area contributed by atoms with Crippen molar-refractivity contribution in [1.82, 2.24) is 9.97 Å². The number of hydrogen-bond donors (Lipinski definition) is 2. The van der Waals surface area contributed by atoms with E-state index in [0.29, 0.717) is 11.6 Å². The van der Waals surface area contributed by atoms with E-state index in [9.17, 15) is 5.11 Å². The lowest BCUT2D eigenvalue weighted by atomic mass is 9.99. The van der Waals surface area contributed by atoms with E-state index in [2.05, 4.69) is 31.2 Å². The van der Waals surface area contributed by atoms with Crippen LogP contribution in [-0.4, -0.2) is 26.7 Å². The molecule has 0 aliphatic rings. The van der Waals surface area contributed by atoms with Crippen molar-refractivity contribution >= 4 is 21.7 Å². The van der Waals surface area contributed by atoms with Crippen molar-refractivity contribution in [3.63, 3.8) is 0 Å². The lowest BCUT2D eigenvalue weighted by Gasteiger charge is -2.30. The molecule has 0 fully saturated rings. The van der Waals surface area contributed by atoms with Gasteiger partial charge in [-0.1, -0.05) is 0 Å². The second kappa shape index (κ2) is 4.45. The van der Waals surface area contributed by atoms with Crippen molar-refractivity contribution in [3.05, 3.63) is 16.5 Å². The summed E-state index contributed by atoms with van der Waals surface area (Å²) >= 11 is 3.36. The van der Waals surface area contributed by atoms with Crippen LogP contribution in [0, 0.1) is 6.92 Å². The smallest absolute Gasteiger partial charge is 0.144 e. The molecular weight excluding hydrogens is 258 g/mol. The number of hydrogen-bond acceptors (Lipinski definition) is 4. The average molecular weight is 274 g/mol. The van der Waals surface area contributed by atoms with E-state index in [1.54, 1.807) is 13.1 Å². The monoisotopic (exact) mass is 273 g/mol. The molecule has 84 valence electrons. The molecule has 1 aromatic heterocycles. The molecular formula is C10H16BrN3O. The van der Waals surface area contributed by atoms with Crippen LogP contribution in [0.25, 0.3) is 0 Å². The van der Waals surface area contributed by atoms with Gasteiger partial charge in [0.1, 0.15) is 11.6 Å². The number of aromatic nitrogens is 2. The van der Waals surface area contributed by atoms with E-state index in [0.717, 1.165) is 4.47 Å². The van der Waals surface area contributed by atoms with Crippen molar-refractivity contribution < 1.29 is 5.11 Å². The summed E-state index contributed by atoms with van der Waals surface area (Å²) in [6, 6.07) is 0. The number of nitrogens with zero attached hydrogens (tertiary/aromatic N) is 2. The Labute approximate surface area is 98.3 Å². The SMILES string of the molecule is Cc1ncc(Br)c(NC(C)(C)C(C)O)n1. The number of nitrogens with one attached hydrogen (secondary N) is 1. The van der Waals surface area contributed by atoms with Gasteiger partial charge in [0.15, 0.2) is 0 Å². The summed E-state index contributed by atoms with van der Waals surface area (Å²) in [6.07, 6.45) is 1.22. The molecule has 1 atom stereocenters. The quantitative estimate of drug-likeness (QED) is 0.886. The van der Waals surface area contributed by atoms with Crippen LogP contribution in [0.15, 0.2) is 10.7 Å². The number of halogens is 1. The van der Waals surface area contributed by atoms with Gasteiger partial charge in [-0.25, -0.2) is 9.97 Å². The Morgan fingerprint density at radius 2 is 2.13 bits per heavy atom. The molecule has 15 heavy (non-hydrogen) atoms. The Bertz CT molecular complexity index is 353. The molecule has 4 nitrogen and oxygen atoms in total. The number of anilines is 1. The Morgan fingerprint density at radius 1 is 1.53 bits per heavy atom. The van der Waals surface area contributed by atoms with Gasteiger partial charge >= 0.3 is 0 Å². The molecule has 0 saturated carbocycles. The minimum absolute atomic E-state index is 0.427. The number of aliphatic hydroxyl groups is 1. The maximum Gasteiger partial charge on any atom is 0.144 e. The van der Waals surface area contributed by atoms with Gasteiger partial charge in [-0.3, -0.25) is 0 Å². The van der Waals surface area contributed by atoms with E-state index < -0.39 is 11.6 Å².